The lowest BCUT2D eigenvalue weighted by atomic mass is 10.1. The van der Waals surface area contributed by atoms with Crippen molar-refractivity contribution in [1.82, 2.24) is 10.0 Å². The number of methoxy groups -OCH3 is 1. The molecule has 0 radical (unpaired) electrons. The summed E-state index contributed by atoms with van der Waals surface area (Å²) in [5, 5.41) is 3.01. The summed E-state index contributed by atoms with van der Waals surface area (Å²) in [5.74, 6) is 0.284. The number of nitrogens with one attached hydrogen (secondary N) is 2. The molecule has 2 N–H and O–H groups in total. The van der Waals surface area contributed by atoms with Gasteiger partial charge in [-0.25, -0.2) is 8.42 Å². The Balaban J connectivity index is 1.79. The Bertz CT molecular complexity index is 876. The Morgan fingerprint density at radius 3 is 2.32 bits per heavy atom. The number of sulfonamides is 1. The van der Waals surface area contributed by atoms with Crippen LogP contribution >= 0.6 is 0 Å². The number of hydrogen-bond donors (Lipinski definition) is 2. The van der Waals surface area contributed by atoms with E-state index < -0.39 is 16.1 Å². The molecule has 1 amide bonds. The van der Waals surface area contributed by atoms with Gasteiger partial charge in [0.1, 0.15) is 11.8 Å². The second-order valence-corrected chi connectivity index (χ2v) is 8.74. The molecule has 0 saturated heterocycles. The highest BCUT2D eigenvalue weighted by molar-refractivity contribution is 7.89. The third-order valence-corrected chi connectivity index (χ3v) is 6.46. The molecule has 1 saturated carbocycles. The van der Waals surface area contributed by atoms with Crippen LogP contribution in [0.25, 0.3) is 0 Å². The number of carbonyl (C=O) groups is 1. The van der Waals surface area contributed by atoms with E-state index in [2.05, 4.69) is 10.0 Å². The van der Waals surface area contributed by atoms with E-state index in [1.807, 2.05) is 30.3 Å². The summed E-state index contributed by atoms with van der Waals surface area (Å²) in [6.07, 6.45) is 4.34. The third-order valence-electron chi connectivity index (χ3n) is 4.97. The number of hydrogen-bond acceptors (Lipinski definition) is 4. The summed E-state index contributed by atoms with van der Waals surface area (Å²) in [6, 6.07) is 14.8. The average molecular weight is 403 g/mol. The zero-order chi connectivity index (χ0) is 20.0. The molecule has 2 aromatic carbocycles. The molecule has 150 valence electrons. The molecule has 1 aliphatic carbocycles. The summed E-state index contributed by atoms with van der Waals surface area (Å²) in [5.41, 5.74) is 0.895. The van der Waals surface area contributed by atoms with Crippen LogP contribution in [0.1, 0.15) is 31.2 Å². The first kappa shape index (κ1) is 20.4. The Hall–Kier alpha value is -2.38. The molecule has 6 nitrogen and oxygen atoms in total. The van der Waals surface area contributed by atoms with Crippen molar-refractivity contribution in [3.63, 3.8) is 0 Å². The molecule has 1 atom stereocenters. The molecule has 1 aliphatic rings. The van der Waals surface area contributed by atoms with Crippen LogP contribution in [-0.2, 0) is 21.2 Å². The lowest BCUT2D eigenvalue weighted by Crippen LogP contribution is -2.50. The predicted octanol–water partition coefficient (Wildman–Crippen LogP) is 2.64. The van der Waals surface area contributed by atoms with E-state index in [1.165, 1.54) is 19.2 Å². The highest BCUT2D eigenvalue weighted by Gasteiger charge is 2.28. The van der Waals surface area contributed by atoms with Gasteiger partial charge in [0.2, 0.25) is 15.9 Å². The minimum atomic E-state index is -3.85. The summed E-state index contributed by atoms with van der Waals surface area (Å²) < 4.78 is 33.3. The third kappa shape index (κ3) is 5.33. The average Bonchev–Trinajstić information content (AvgIpc) is 3.21. The normalized spacial score (nSPS) is 15.9. The number of rotatable bonds is 8. The van der Waals surface area contributed by atoms with Gasteiger partial charge in [-0.2, -0.15) is 4.72 Å². The first-order valence-electron chi connectivity index (χ1n) is 9.48. The van der Waals surface area contributed by atoms with E-state index in [9.17, 15) is 13.2 Å². The van der Waals surface area contributed by atoms with Crippen molar-refractivity contribution in [3.8, 4) is 5.75 Å². The van der Waals surface area contributed by atoms with Gasteiger partial charge in [-0.05, 0) is 49.1 Å². The van der Waals surface area contributed by atoms with E-state index >= 15 is 0 Å². The van der Waals surface area contributed by atoms with Crippen LogP contribution in [-0.4, -0.2) is 33.5 Å². The van der Waals surface area contributed by atoms with E-state index in [0.29, 0.717) is 5.75 Å². The molecule has 1 unspecified atom stereocenters. The van der Waals surface area contributed by atoms with Crippen LogP contribution in [0.3, 0.4) is 0 Å². The Morgan fingerprint density at radius 1 is 1.07 bits per heavy atom. The van der Waals surface area contributed by atoms with Gasteiger partial charge in [-0.15, -0.1) is 0 Å². The highest BCUT2D eigenvalue weighted by atomic mass is 32.2. The highest BCUT2D eigenvalue weighted by Crippen LogP contribution is 2.19. The lowest BCUT2D eigenvalue weighted by Gasteiger charge is -2.21. The molecule has 0 aromatic heterocycles. The van der Waals surface area contributed by atoms with Crippen LogP contribution in [0.5, 0.6) is 5.75 Å². The van der Waals surface area contributed by atoms with Crippen LogP contribution in [0, 0.1) is 0 Å². The Morgan fingerprint density at radius 2 is 1.71 bits per heavy atom. The van der Waals surface area contributed by atoms with Gasteiger partial charge < -0.3 is 10.1 Å². The molecule has 2 aromatic rings. The lowest BCUT2D eigenvalue weighted by molar-refractivity contribution is -0.123. The Kier molecular flexibility index (Phi) is 6.70. The van der Waals surface area contributed by atoms with E-state index in [1.54, 1.807) is 12.1 Å². The van der Waals surface area contributed by atoms with E-state index in [-0.39, 0.29) is 23.3 Å². The molecule has 0 spiro atoms. The van der Waals surface area contributed by atoms with Gasteiger partial charge in [0.05, 0.1) is 12.0 Å². The maximum atomic E-state index is 12.9. The second-order valence-electron chi connectivity index (χ2n) is 7.03. The summed E-state index contributed by atoms with van der Waals surface area (Å²) >= 11 is 0. The fourth-order valence-corrected chi connectivity index (χ4v) is 4.62. The topological polar surface area (TPSA) is 84.5 Å². The smallest absolute Gasteiger partial charge is 0.241 e. The molecule has 0 aliphatic heterocycles. The first-order chi connectivity index (χ1) is 13.5. The van der Waals surface area contributed by atoms with Crippen molar-refractivity contribution >= 4 is 15.9 Å². The van der Waals surface area contributed by atoms with Crippen molar-refractivity contribution in [3.05, 3.63) is 60.2 Å². The first-order valence-corrected chi connectivity index (χ1v) is 11.0. The fraction of sp³-hybridized carbons (Fsp3) is 0.381. The summed E-state index contributed by atoms with van der Waals surface area (Å²) in [6.45, 7) is 0. The number of ether oxygens (including phenoxy) is 1. The predicted molar refractivity (Wildman–Crippen MR) is 108 cm³/mol. The van der Waals surface area contributed by atoms with Gasteiger partial charge in [0.15, 0.2) is 0 Å². The van der Waals surface area contributed by atoms with Gasteiger partial charge in [-0.1, -0.05) is 43.2 Å². The van der Waals surface area contributed by atoms with Crippen molar-refractivity contribution in [2.24, 2.45) is 0 Å². The molecule has 7 heteroatoms. The minimum Gasteiger partial charge on any atom is -0.497 e. The monoisotopic (exact) mass is 402 g/mol. The summed E-state index contributed by atoms with van der Waals surface area (Å²) in [7, 11) is -2.33. The van der Waals surface area contributed by atoms with Gasteiger partial charge in [-0.3, -0.25) is 4.79 Å². The zero-order valence-electron chi connectivity index (χ0n) is 15.9. The maximum absolute atomic E-state index is 12.9. The number of benzene rings is 2. The van der Waals surface area contributed by atoms with Gasteiger partial charge >= 0.3 is 0 Å². The standard InChI is InChI=1S/C21H26N2O4S/c1-27-18-11-13-19(14-12-18)28(25,26)23-20(15-16-7-3-2-4-8-16)21(24)22-17-9-5-6-10-17/h2-4,7-8,11-14,17,20,23H,5-6,9-10,15H2,1H3,(H,22,24). The second kappa shape index (κ2) is 9.21. The maximum Gasteiger partial charge on any atom is 0.241 e. The van der Waals surface area contributed by atoms with Crippen molar-refractivity contribution in [1.29, 1.82) is 0 Å². The molecule has 0 heterocycles. The zero-order valence-corrected chi connectivity index (χ0v) is 16.7. The van der Waals surface area contributed by atoms with E-state index in [0.717, 1.165) is 31.2 Å². The number of carbonyl (C=O) groups excluding carboxylic acids is 1. The molecule has 0 bridgehead atoms. The summed E-state index contributed by atoms with van der Waals surface area (Å²) in [4.78, 5) is 13.0. The molecule has 1 fully saturated rings. The van der Waals surface area contributed by atoms with Crippen LogP contribution in [0.15, 0.2) is 59.5 Å². The van der Waals surface area contributed by atoms with Crippen molar-refractivity contribution < 1.29 is 17.9 Å². The molecule has 3 rings (SSSR count). The van der Waals surface area contributed by atoms with E-state index in [4.69, 9.17) is 4.74 Å². The van der Waals surface area contributed by atoms with Gasteiger partial charge in [0, 0.05) is 6.04 Å². The molecular formula is C21H26N2O4S. The number of amides is 1. The van der Waals surface area contributed by atoms with Crippen molar-refractivity contribution in [2.45, 2.75) is 49.1 Å². The van der Waals surface area contributed by atoms with Crippen LogP contribution in [0.4, 0.5) is 0 Å². The van der Waals surface area contributed by atoms with Crippen LogP contribution in [0.2, 0.25) is 0 Å². The largest absolute Gasteiger partial charge is 0.497 e. The quantitative estimate of drug-likeness (QED) is 0.711. The van der Waals surface area contributed by atoms with Crippen LogP contribution < -0.4 is 14.8 Å². The molecular weight excluding hydrogens is 376 g/mol. The molecule has 28 heavy (non-hydrogen) atoms. The van der Waals surface area contributed by atoms with Gasteiger partial charge in [0.25, 0.3) is 0 Å². The minimum absolute atomic E-state index is 0.0972. The SMILES string of the molecule is COc1ccc(S(=O)(=O)NC(Cc2ccccc2)C(=O)NC2CCCC2)cc1. The Labute approximate surface area is 166 Å². The van der Waals surface area contributed by atoms with Crippen molar-refractivity contribution in [2.75, 3.05) is 7.11 Å². The fourth-order valence-electron chi connectivity index (χ4n) is 3.42.